The van der Waals surface area contributed by atoms with Crippen molar-refractivity contribution in [2.24, 2.45) is 0 Å². The Hall–Kier alpha value is -1.63. The number of rotatable bonds is 4. The molecule has 0 aliphatic carbocycles. The molecule has 0 unspecified atom stereocenters. The molecule has 0 radical (unpaired) electrons. The number of methoxy groups -OCH3 is 1. The van der Waals surface area contributed by atoms with Crippen LogP contribution in [0.15, 0.2) is 29.6 Å². The number of aromatic hydroxyl groups is 1. The lowest BCUT2D eigenvalue weighted by atomic mass is 10.0. The Bertz CT molecular complexity index is 627. The van der Waals surface area contributed by atoms with E-state index in [0.717, 1.165) is 31.1 Å². The van der Waals surface area contributed by atoms with Crippen molar-refractivity contribution in [1.29, 1.82) is 0 Å². The quantitative estimate of drug-likeness (QED) is 0.908. The molecular formula is C16H19FN2O2S. The number of ether oxygens (including phenoxy) is 1. The van der Waals surface area contributed by atoms with Crippen LogP contribution >= 0.6 is 11.3 Å². The Kier molecular flexibility index (Phi) is 4.61. The molecule has 1 saturated heterocycles. The van der Waals surface area contributed by atoms with Crippen molar-refractivity contribution >= 4 is 11.3 Å². The van der Waals surface area contributed by atoms with E-state index in [1.165, 1.54) is 19.2 Å². The number of phenols is 1. The molecular weight excluding hydrogens is 303 g/mol. The molecule has 1 aromatic heterocycles. The van der Waals surface area contributed by atoms with E-state index in [1.54, 1.807) is 11.3 Å². The average molecular weight is 322 g/mol. The molecule has 1 aliphatic rings. The number of piperazine rings is 1. The van der Waals surface area contributed by atoms with Gasteiger partial charge in [0.25, 0.3) is 0 Å². The molecule has 6 heteroatoms. The second-order valence-corrected chi connectivity index (χ2v) is 6.23. The van der Waals surface area contributed by atoms with E-state index in [9.17, 15) is 9.50 Å². The van der Waals surface area contributed by atoms with Crippen LogP contribution in [0.1, 0.15) is 16.5 Å². The SMILES string of the molecule is COc1cc(F)cc([C@@H](c2cccs2)N2CCNCC2)c1O. The number of nitrogens with one attached hydrogen (secondary N) is 1. The highest BCUT2D eigenvalue weighted by Gasteiger charge is 2.28. The maximum Gasteiger partial charge on any atom is 0.163 e. The lowest BCUT2D eigenvalue weighted by molar-refractivity contribution is 0.197. The third-order valence-corrected chi connectivity index (χ3v) is 4.84. The Morgan fingerprint density at radius 2 is 2.14 bits per heavy atom. The largest absolute Gasteiger partial charge is 0.504 e. The minimum atomic E-state index is -0.402. The van der Waals surface area contributed by atoms with Crippen molar-refractivity contribution in [3.63, 3.8) is 0 Å². The van der Waals surface area contributed by atoms with Gasteiger partial charge in [0, 0.05) is 42.7 Å². The second-order valence-electron chi connectivity index (χ2n) is 5.25. The molecule has 22 heavy (non-hydrogen) atoms. The van der Waals surface area contributed by atoms with Crippen molar-refractivity contribution < 1.29 is 14.2 Å². The average Bonchev–Trinajstić information content (AvgIpc) is 3.05. The number of phenolic OH excluding ortho intramolecular Hbond substituents is 1. The Morgan fingerprint density at radius 3 is 2.77 bits per heavy atom. The molecule has 1 atom stereocenters. The fraction of sp³-hybridized carbons (Fsp3) is 0.375. The molecule has 0 bridgehead atoms. The van der Waals surface area contributed by atoms with Gasteiger partial charge in [-0.3, -0.25) is 4.90 Å². The summed E-state index contributed by atoms with van der Waals surface area (Å²) in [5.74, 6) is -0.214. The topological polar surface area (TPSA) is 44.7 Å². The van der Waals surface area contributed by atoms with Crippen LogP contribution in [-0.2, 0) is 0 Å². The zero-order valence-electron chi connectivity index (χ0n) is 12.4. The summed E-state index contributed by atoms with van der Waals surface area (Å²) in [5.41, 5.74) is 0.557. The van der Waals surface area contributed by atoms with Gasteiger partial charge in [0.05, 0.1) is 13.2 Å². The third-order valence-electron chi connectivity index (χ3n) is 3.91. The molecule has 1 aliphatic heterocycles. The van der Waals surface area contributed by atoms with Crippen LogP contribution in [0.25, 0.3) is 0 Å². The van der Waals surface area contributed by atoms with Crippen LogP contribution < -0.4 is 10.1 Å². The summed E-state index contributed by atoms with van der Waals surface area (Å²) in [7, 11) is 1.43. The third kappa shape index (κ3) is 2.95. The van der Waals surface area contributed by atoms with E-state index in [0.29, 0.717) is 5.56 Å². The molecule has 2 N–H and O–H groups in total. The van der Waals surface area contributed by atoms with Crippen LogP contribution in [0.4, 0.5) is 4.39 Å². The zero-order chi connectivity index (χ0) is 15.5. The summed E-state index contributed by atoms with van der Waals surface area (Å²) in [5, 5.41) is 15.8. The first-order chi connectivity index (χ1) is 10.7. The van der Waals surface area contributed by atoms with Gasteiger partial charge in [0.15, 0.2) is 11.5 Å². The maximum atomic E-state index is 13.9. The first kappa shape index (κ1) is 15.3. The molecule has 3 rings (SSSR count). The number of hydrogen-bond donors (Lipinski definition) is 2. The van der Waals surface area contributed by atoms with Crippen LogP contribution in [0.2, 0.25) is 0 Å². The van der Waals surface area contributed by atoms with Gasteiger partial charge in [-0.05, 0) is 17.5 Å². The molecule has 0 amide bonds. The van der Waals surface area contributed by atoms with Crippen molar-refractivity contribution in [3.8, 4) is 11.5 Å². The lowest BCUT2D eigenvalue weighted by Crippen LogP contribution is -2.45. The van der Waals surface area contributed by atoms with Crippen LogP contribution in [-0.4, -0.2) is 43.3 Å². The smallest absolute Gasteiger partial charge is 0.163 e. The fourth-order valence-corrected chi connectivity index (χ4v) is 3.75. The highest BCUT2D eigenvalue weighted by Crippen LogP contribution is 2.41. The summed E-state index contributed by atoms with van der Waals surface area (Å²) in [6.07, 6.45) is 0. The minimum Gasteiger partial charge on any atom is -0.504 e. The van der Waals surface area contributed by atoms with Crippen LogP contribution in [0.3, 0.4) is 0 Å². The van der Waals surface area contributed by atoms with Crippen molar-refractivity contribution in [3.05, 3.63) is 45.9 Å². The van der Waals surface area contributed by atoms with Gasteiger partial charge in [-0.25, -0.2) is 4.39 Å². The number of nitrogens with zero attached hydrogens (tertiary/aromatic N) is 1. The Balaban J connectivity index is 2.07. The number of thiophene rings is 1. The number of hydrogen-bond acceptors (Lipinski definition) is 5. The van der Waals surface area contributed by atoms with E-state index < -0.39 is 5.82 Å². The molecule has 0 spiro atoms. The van der Waals surface area contributed by atoms with Crippen molar-refractivity contribution in [2.45, 2.75) is 6.04 Å². The predicted octanol–water partition coefficient (Wildman–Crippen LogP) is 2.60. The standard InChI is InChI=1S/C16H19FN2O2S/c1-21-13-10-11(17)9-12(16(13)20)15(14-3-2-8-22-14)19-6-4-18-5-7-19/h2-3,8-10,15,18,20H,4-7H2,1H3/t15-/m0/s1. The normalized spacial score (nSPS) is 17.4. The van der Waals surface area contributed by atoms with Crippen LogP contribution in [0.5, 0.6) is 11.5 Å². The first-order valence-corrected chi connectivity index (χ1v) is 8.13. The van der Waals surface area contributed by atoms with E-state index in [1.807, 2.05) is 17.5 Å². The van der Waals surface area contributed by atoms with E-state index in [-0.39, 0.29) is 17.5 Å². The summed E-state index contributed by atoms with van der Waals surface area (Å²) < 4.78 is 19.0. The number of halogens is 1. The number of benzene rings is 1. The fourth-order valence-electron chi connectivity index (χ4n) is 2.88. The molecule has 118 valence electrons. The Labute approximate surface area is 133 Å². The summed E-state index contributed by atoms with van der Waals surface area (Å²) in [4.78, 5) is 3.35. The lowest BCUT2D eigenvalue weighted by Gasteiger charge is -2.35. The van der Waals surface area contributed by atoms with Gasteiger partial charge in [-0.2, -0.15) is 0 Å². The summed E-state index contributed by atoms with van der Waals surface area (Å²) in [6.45, 7) is 3.46. The van der Waals surface area contributed by atoms with E-state index in [4.69, 9.17) is 4.74 Å². The second kappa shape index (κ2) is 6.64. The Morgan fingerprint density at radius 1 is 1.36 bits per heavy atom. The minimum absolute atomic E-state index is 0.0147. The highest BCUT2D eigenvalue weighted by atomic mass is 32.1. The zero-order valence-corrected chi connectivity index (χ0v) is 13.2. The predicted molar refractivity (Wildman–Crippen MR) is 85.2 cm³/mol. The van der Waals surface area contributed by atoms with Gasteiger partial charge in [-0.1, -0.05) is 6.07 Å². The highest BCUT2D eigenvalue weighted by molar-refractivity contribution is 7.10. The molecule has 2 heterocycles. The van der Waals surface area contributed by atoms with Gasteiger partial charge in [-0.15, -0.1) is 11.3 Å². The van der Waals surface area contributed by atoms with Crippen molar-refractivity contribution in [1.82, 2.24) is 10.2 Å². The molecule has 1 aromatic carbocycles. The van der Waals surface area contributed by atoms with E-state index >= 15 is 0 Å². The molecule has 1 fully saturated rings. The van der Waals surface area contributed by atoms with Gasteiger partial charge in [0.1, 0.15) is 5.82 Å². The molecule has 2 aromatic rings. The van der Waals surface area contributed by atoms with Crippen molar-refractivity contribution in [2.75, 3.05) is 33.3 Å². The molecule has 4 nitrogen and oxygen atoms in total. The van der Waals surface area contributed by atoms with Gasteiger partial charge >= 0.3 is 0 Å². The molecule has 0 saturated carbocycles. The summed E-state index contributed by atoms with van der Waals surface area (Å²) in [6, 6.07) is 6.45. The van der Waals surface area contributed by atoms with Gasteiger partial charge < -0.3 is 15.2 Å². The van der Waals surface area contributed by atoms with Crippen LogP contribution in [0, 0.1) is 5.82 Å². The maximum absolute atomic E-state index is 13.9. The monoisotopic (exact) mass is 322 g/mol. The first-order valence-electron chi connectivity index (χ1n) is 7.25. The van der Waals surface area contributed by atoms with Gasteiger partial charge in [0.2, 0.25) is 0 Å². The van der Waals surface area contributed by atoms with E-state index in [2.05, 4.69) is 10.2 Å². The summed E-state index contributed by atoms with van der Waals surface area (Å²) >= 11 is 1.61.